The van der Waals surface area contributed by atoms with E-state index in [0.717, 1.165) is 29.1 Å². The second kappa shape index (κ2) is 10.2. The van der Waals surface area contributed by atoms with Gasteiger partial charge < -0.3 is 5.32 Å². The normalized spacial score (nSPS) is 10.8. The molecule has 0 aliphatic carbocycles. The zero-order valence-electron chi connectivity index (χ0n) is 18.2. The first-order valence-electron chi connectivity index (χ1n) is 10.5. The average Bonchev–Trinajstić information content (AvgIpc) is 3.27. The molecule has 32 heavy (non-hydrogen) atoms. The molecule has 0 atom stereocenters. The van der Waals surface area contributed by atoms with Crippen molar-refractivity contribution in [3.8, 4) is 17.1 Å². The van der Waals surface area contributed by atoms with Crippen molar-refractivity contribution >= 4 is 17.7 Å². The van der Waals surface area contributed by atoms with Crippen LogP contribution in [-0.2, 0) is 17.8 Å². The molecule has 0 saturated heterocycles. The lowest BCUT2D eigenvalue weighted by Crippen LogP contribution is -2.24. The summed E-state index contributed by atoms with van der Waals surface area (Å²) < 4.78 is 1.99. The van der Waals surface area contributed by atoms with Gasteiger partial charge in [0.25, 0.3) is 0 Å². The molecule has 0 radical (unpaired) electrons. The molecule has 0 fully saturated rings. The SMILES string of the molecule is CCc1ccc(-n2c(SCC(=O)NCc3ccc(C)cc3)nnc2-c2ccncc2)cc1. The number of nitrogens with zero attached hydrogens (tertiary/aromatic N) is 4. The van der Waals surface area contributed by atoms with Gasteiger partial charge in [0.2, 0.25) is 5.91 Å². The quantitative estimate of drug-likeness (QED) is 0.403. The van der Waals surface area contributed by atoms with E-state index in [4.69, 9.17) is 0 Å². The van der Waals surface area contributed by atoms with Crippen molar-refractivity contribution in [2.45, 2.75) is 32.0 Å². The van der Waals surface area contributed by atoms with Crippen LogP contribution < -0.4 is 5.32 Å². The van der Waals surface area contributed by atoms with Crippen LogP contribution in [0.4, 0.5) is 0 Å². The van der Waals surface area contributed by atoms with Crippen LogP contribution in [0, 0.1) is 6.92 Å². The van der Waals surface area contributed by atoms with Gasteiger partial charge in [-0.2, -0.15) is 0 Å². The van der Waals surface area contributed by atoms with Crippen molar-refractivity contribution in [1.82, 2.24) is 25.1 Å². The highest BCUT2D eigenvalue weighted by atomic mass is 32.2. The molecule has 0 spiro atoms. The number of amides is 1. The largest absolute Gasteiger partial charge is 0.351 e. The lowest BCUT2D eigenvalue weighted by molar-refractivity contribution is -0.118. The molecule has 4 aromatic rings. The summed E-state index contributed by atoms with van der Waals surface area (Å²) >= 11 is 1.37. The van der Waals surface area contributed by atoms with Crippen LogP contribution in [0.3, 0.4) is 0 Å². The molecule has 2 heterocycles. The van der Waals surface area contributed by atoms with Gasteiger partial charge in [-0.25, -0.2) is 0 Å². The number of nitrogens with one attached hydrogen (secondary N) is 1. The Balaban J connectivity index is 1.52. The first-order chi connectivity index (χ1) is 15.6. The molecule has 6 nitrogen and oxygen atoms in total. The van der Waals surface area contributed by atoms with E-state index >= 15 is 0 Å². The Morgan fingerprint density at radius 3 is 2.31 bits per heavy atom. The van der Waals surface area contributed by atoms with E-state index in [-0.39, 0.29) is 11.7 Å². The van der Waals surface area contributed by atoms with Crippen molar-refractivity contribution < 1.29 is 4.79 Å². The van der Waals surface area contributed by atoms with Crippen LogP contribution in [0.1, 0.15) is 23.6 Å². The maximum atomic E-state index is 12.5. The minimum atomic E-state index is -0.0445. The van der Waals surface area contributed by atoms with Gasteiger partial charge in [0, 0.05) is 30.2 Å². The number of hydrogen-bond donors (Lipinski definition) is 1. The van der Waals surface area contributed by atoms with Gasteiger partial charge >= 0.3 is 0 Å². The van der Waals surface area contributed by atoms with Crippen LogP contribution in [-0.4, -0.2) is 31.4 Å². The van der Waals surface area contributed by atoms with Crippen molar-refractivity contribution in [3.05, 3.63) is 89.7 Å². The monoisotopic (exact) mass is 443 g/mol. The Morgan fingerprint density at radius 2 is 1.62 bits per heavy atom. The van der Waals surface area contributed by atoms with Crippen LogP contribution in [0.2, 0.25) is 0 Å². The number of carbonyl (C=O) groups is 1. The molecule has 0 aliphatic rings. The van der Waals surface area contributed by atoms with E-state index < -0.39 is 0 Å². The fourth-order valence-electron chi connectivity index (χ4n) is 3.25. The van der Waals surface area contributed by atoms with Crippen molar-refractivity contribution in [2.75, 3.05) is 5.75 Å². The fraction of sp³-hybridized carbons (Fsp3) is 0.200. The van der Waals surface area contributed by atoms with Gasteiger partial charge in [-0.1, -0.05) is 60.6 Å². The van der Waals surface area contributed by atoms with Crippen molar-refractivity contribution in [2.24, 2.45) is 0 Å². The number of aryl methyl sites for hydroxylation is 2. The number of thioether (sulfide) groups is 1. The van der Waals surface area contributed by atoms with E-state index in [0.29, 0.717) is 11.7 Å². The molecule has 0 saturated carbocycles. The summed E-state index contributed by atoms with van der Waals surface area (Å²) in [6.07, 6.45) is 4.45. The second-order valence-corrected chi connectivity index (χ2v) is 8.39. The molecule has 0 unspecified atom stereocenters. The lowest BCUT2D eigenvalue weighted by Gasteiger charge is -2.11. The van der Waals surface area contributed by atoms with E-state index in [1.807, 2.05) is 47.9 Å². The van der Waals surface area contributed by atoms with Crippen molar-refractivity contribution in [1.29, 1.82) is 0 Å². The number of rotatable bonds is 8. The highest BCUT2D eigenvalue weighted by molar-refractivity contribution is 7.99. The zero-order valence-corrected chi connectivity index (χ0v) is 19.0. The van der Waals surface area contributed by atoms with Gasteiger partial charge in [0.15, 0.2) is 11.0 Å². The topological polar surface area (TPSA) is 72.7 Å². The van der Waals surface area contributed by atoms with Gasteiger partial charge in [-0.3, -0.25) is 14.3 Å². The standard InChI is InChI=1S/C25H25N5OS/c1-3-19-8-10-22(11-9-19)30-24(21-12-14-26-15-13-21)28-29-25(30)32-17-23(31)27-16-20-6-4-18(2)5-7-20/h4-15H,3,16-17H2,1-2H3,(H,27,31). The van der Waals surface area contributed by atoms with Crippen LogP contribution in [0.5, 0.6) is 0 Å². The molecular formula is C25H25N5OS. The second-order valence-electron chi connectivity index (χ2n) is 7.45. The van der Waals surface area contributed by atoms with Gasteiger partial charge in [0.1, 0.15) is 0 Å². The zero-order chi connectivity index (χ0) is 22.3. The molecule has 162 valence electrons. The van der Waals surface area contributed by atoms with E-state index in [1.54, 1.807) is 12.4 Å². The average molecular weight is 444 g/mol. The minimum Gasteiger partial charge on any atom is -0.351 e. The summed E-state index contributed by atoms with van der Waals surface area (Å²) in [5.74, 6) is 0.934. The third kappa shape index (κ3) is 5.23. The summed E-state index contributed by atoms with van der Waals surface area (Å²) in [6.45, 7) is 4.69. The number of pyridine rings is 1. The lowest BCUT2D eigenvalue weighted by atomic mass is 10.1. The Morgan fingerprint density at radius 1 is 0.938 bits per heavy atom. The van der Waals surface area contributed by atoms with Crippen molar-refractivity contribution in [3.63, 3.8) is 0 Å². The highest BCUT2D eigenvalue weighted by Gasteiger charge is 2.17. The molecule has 0 bridgehead atoms. The van der Waals surface area contributed by atoms with E-state index in [9.17, 15) is 4.79 Å². The van der Waals surface area contributed by atoms with Gasteiger partial charge in [-0.15, -0.1) is 10.2 Å². The summed E-state index contributed by atoms with van der Waals surface area (Å²) in [5.41, 5.74) is 5.42. The van der Waals surface area contributed by atoms with Crippen LogP contribution >= 0.6 is 11.8 Å². The van der Waals surface area contributed by atoms with Gasteiger partial charge in [0.05, 0.1) is 5.75 Å². The molecule has 2 aromatic carbocycles. The highest BCUT2D eigenvalue weighted by Crippen LogP contribution is 2.28. The molecule has 7 heteroatoms. The molecule has 1 N–H and O–H groups in total. The third-order valence-electron chi connectivity index (χ3n) is 5.12. The summed E-state index contributed by atoms with van der Waals surface area (Å²) in [4.78, 5) is 16.6. The first-order valence-corrected chi connectivity index (χ1v) is 11.5. The Labute approximate surface area is 192 Å². The summed E-state index contributed by atoms with van der Waals surface area (Å²) in [5, 5.41) is 12.5. The van der Waals surface area contributed by atoms with Crippen LogP contribution in [0.25, 0.3) is 17.1 Å². The predicted octanol–water partition coefficient (Wildman–Crippen LogP) is 4.61. The molecule has 2 aromatic heterocycles. The number of hydrogen-bond acceptors (Lipinski definition) is 5. The predicted molar refractivity (Wildman–Crippen MR) is 128 cm³/mol. The first kappa shape index (κ1) is 21.8. The number of aromatic nitrogens is 4. The fourth-order valence-corrected chi connectivity index (χ4v) is 4.03. The Bertz CT molecular complexity index is 1170. The number of benzene rings is 2. The smallest absolute Gasteiger partial charge is 0.230 e. The summed E-state index contributed by atoms with van der Waals surface area (Å²) in [6, 6.07) is 20.3. The van der Waals surface area contributed by atoms with Gasteiger partial charge in [-0.05, 0) is 48.7 Å². The maximum absolute atomic E-state index is 12.5. The molecule has 4 rings (SSSR count). The van der Waals surface area contributed by atoms with E-state index in [1.165, 1.54) is 22.9 Å². The maximum Gasteiger partial charge on any atom is 0.230 e. The molecule has 1 amide bonds. The molecular weight excluding hydrogens is 418 g/mol. The van der Waals surface area contributed by atoms with Crippen LogP contribution in [0.15, 0.2) is 78.2 Å². The Kier molecular flexibility index (Phi) is 6.97. The third-order valence-corrected chi connectivity index (χ3v) is 6.05. The number of carbonyl (C=O) groups excluding carboxylic acids is 1. The van der Waals surface area contributed by atoms with E-state index in [2.05, 4.69) is 51.7 Å². The molecule has 0 aliphatic heterocycles. The Hall–Kier alpha value is -3.45. The minimum absolute atomic E-state index is 0.0445. The summed E-state index contributed by atoms with van der Waals surface area (Å²) in [7, 11) is 0.